The van der Waals surface area contributed by atoms with Crippen molar-refractivity contribution in [3.63, 3.8) is 0 Å². The number of amides is 1. The zero-order chi connectivity index (χ0) is 16.1. The van der Waals surface area contributed by atoms with Gasteiger partial charge in [0.05, 0.1) is 13.2 Å². The monoisotopic (exact) mass is 324 g/mol. The van der Waals surface area contributed by atoms with Crippen LogP contribution in [-0.2, 0) is 11.3 Å². The first kappa shape index (κ1) is 16.4. The number of hydrogen-bond acceptors (Lipinski definition) is 4. The molecule has 0 radical (unpaired) electrons. The lowest BCUT2D eigenvalue weighted by molar-refractivity contribution is 0.0940. The second-order valence-electron chi connectivity index (χ2n) is 4.74. The van der Waals surface area contributed by atoms with Crippen molar-refractivity contribution in [2.75, 3.05) is 20.3 Å². The van der Waals surface area contributed by atoms with Crippen molar-refractivity contribution in [2.45, 2.75) is 13.5 Å². The smallest absolute Gasteiger partial charge is 0.308 e. The molecule has 0 aliphatic heterocycles. The van der Waals surface area contributed by atoms with Crippen LogP contribution in [0.25, 0.3) is 0 Å². The Kier molecular flexibility index (Phi) is 5.46. The van der Waals surface area contributed by atoms with Crippen molar-refractivity contribution in [1.29, 1.82) is 0 Å². The first-order chi connectivity index (χ1) is 10.5. The number of nitrogens with zero attached hydrogens (tertiary/aromatic N) is 1. The third-order valence-electron chi connectivity index (χ3n) is 3.20. The average molecular weight is 324 g/mol. The second kappa shape index (κ2) is 7.33. The fourth-order valence-electron chi connectivity index (χ4n) is 1.99. The van der Waals surface area contributed by atoms with E-state index >= 15 is 0 Å². The number of hydrogen-bond donors (Lipinski definition) is 1. The van der Waals surface area contributed by atoms with Crippen LogP contribution in [0.2, 0.25) is 0 Å². The average Bonchev–Trinajstić information content (AvgIpc) is 2.78. The van der Waals surface area contributed by atoms with Gasteiger partial charge in [0, 0.05) is 19.3 Å². The molecule has 0 atom stereocenters. The predicted octanol–water partition coefficient (Wildman–Crippen LogP) is 1.78. The Morgan fingerprint density at radius 1 is 1.36 bits per heavy atom. The van der Waals surface area contributed by atoms with E-state index in [9.17, 15) is 14.0 Å². The van der Waals surface area contributed by atoms with Crippen LogP contribution in [-0.4, -0.2) is 30.7 Å². The third kappa shape index (κ3) is 3.80. The number of methoxy groups -OCH3 is 1. The summed E-state index contributed by atoms with van der Waals surface area (Å²) >= 11 is 0.910. The van der Waals surface area contributed by atoms with Gasteiger partial charge in [0.25, 0.3) is 5.91 Å². The second-order valence-corrected chi connectivity index (χ2v) is 5.71. The van der Waals surface area contributed by atoms with Gasteiger partial charge in [-0.2, -0.15) is 0 Å². The van der Waals surface area contributed by atoms with Crippen LogP contribution in [0.15, 0.2) is 29.1 Å². The molecule has 0 bridgehead atoms. The van der Waals surface area contributed by atoms with E-state index in [0.29, 0.717) is 30.3 Å². The maximum absolute atomic E-state index is 12.9. The minimum absolute atomic E-state index is 0.210. The molecular weight excluding hydrogens is 307 g/mol. The topological polar surface area (TPSA) is 60.3 Å². The SMILES string of the molecule is COCCNC(=O)c1sc(=O)n(Cc2ccc(F)cc2)c1C. The van der Waals surface area contributed by atoms with E-state index in [1.165, 1.54) is 16.7 Å². The zero-order valence-corrected chi connectivity index (χ0v) is 13.2. The number of carbonyl (C=O) groups is 1. The van der Waals surface area contributed by atoms with Crippen molar-refractivity contribution < 1.29 is 13.9 Å². The molecule has 0 saturated carbocycles. The first-order valence-corrected chi connectivity index (χ1v) is 7.56. The van der Waals surface area contributed by atoms with Crippen molar-refractivity contribution in [3.05, 3.63) is 55.9 Å². The highest BCUT2D eigenvalue weighted by atomic mass is 32.1. The molecule has 1 aromatic heterocycles. The summed E-state index contributed by atoms with van der Waals surface area (Å²) in [6, 6.07) is 5.94. The zero-order valence-electron chi connectivity index (χ0n) is 12.4. The van der Waals surface area contributed by atoms with E-state index < -0.39 is 0 Å². The van der Waals surface area contributed by atoms with Gasteiger partial charge in [-0.1, -0.05) is 23.5 Å². The summed E-state index contributed by atoms with van der Waals surface area (Å²) in [6.45, 7) is 2.84. The number of nitrogens with one attached hydrogen (secondary N) is 1. The number of halogens is 1. The van der Waals surface area contributed by atoms with E-state index in [4.69, 9.17) is 4.74 Å². The van der Waals surface area contributed by atoms with Gasteiger partial charge in [-0.15, -0.1) is 0 Å². The van der Waals surface area contributed by atoms with Crippen molar-refractivity contribution >= 4 is 17.2 Å². The molecule has 1 amide bonds. The Balaban J connectivity index is 2.18. The standard InChI is InChI=1S/C15H17FN2O3S/c1-10-13(14(19)17-7-8-21-2)22-15(20)18(10)9-11-3-5-12(16)6-4-11/h3-6H,7-9H2,1-2H3,(H,17,19). The summed E-state index contributed by atoms with van der Waals surface area (Å²) < 4.78 is 19.3. The van der Waals surface area contributed by atoms with Gasteiger partial charge >= 0.3 is 4.87 Å². The van der Waals surface area contributed by atoms with Gasteiger partial charge in [0.1, 0.15) is 10.7 Å². The summed E-state index contributed by atoms with van der Waals surface area (Å²) in [5.41, 5.74) is 1.41. The molecule has 2 aromatic rings. The molecule has 2 rings (SSSR count). The summed E-state index contributed by atoms with van der Waals surface area (Å²) in [7, 11) is 1.55. The molecule has 1 N–H and O–H groups in total. The highest BCUT2D eigenvalue weighted by Crippen LogP contribution is 2.14. The molecule has 22 heavy (non-hydrogen) atoms. The number of aromatic nitrogens is 1. The fourth-order valence-corrected chi connectivity index (χ4v) is 2.90. The Bertz CT molecular complexity index is 707. The number of carbonyl (C=O) groups excluding carboxylic acids is 1. The highest BCUT2D eigenvalue weighted by molar-refractivity contribution is 7.11. The first-order valence-electron chi connectivity index (χ1n) is 6.74. The van der Waals surface area contributed by atoms with Gasteiger partial charge < -0.3 is 10.1 Å². The summed E-state index contributed by atoms with van der Waals surface area (Å²) in [4.78, 5) is 24.3. The maximum Gasteiger partial charge on any atom is 0.308 e. The molecule has 0 unspecified atom stereocenters. The predicted molar refractivity (Wildman–Crippen MR) is 83.0 cm³/mol. The molecule has 1 heterocycles. The normalized spacial score (nSPS) is 10.7. The Hall–Kier alpha value is -1.99. The molecule has 118 valence electrons. The molecule has 1 aromatic carbocycles. The van der Waals surface area contributed by atoms with Crippen LogP contribution >= 0.6 is 11.3 Å². The maximum atomic E-state index is 12.9. The van der Waals surface area contributed by atoms with Gasteiger partial charge in [-0.05, 0) is 24.6 Å². The Morgan fingerprint density at radius 2 is 2.05 bits per heavy atom. The highest BCUT2D eigenvalue weighted by Gasteiger charge is 2.17. The lowest BCUT2D eigenvalue weighted by Crippen LogP contribution is -2.27. The Morgan fingerprint density at radius 3 is 2.68 bits per heavy atom. The molecule has 7 heteroatoms. The quantitative estimate of drug-likeness (QED) is 0.824. The van der Waals surface area contributed by atoms with Crippen LogP contribution < -0.4 is 10.2 Å². The van der Waals surface area contributed by atoms with E-state index in [2.05, 4.69) is 5.32 Å². The van der Waals surface area contributed by atoms with Gasteiger partial charge in [-0.3, -0.25) is 14.2 Å². The molecule has 5 nitrogen and oxygen atoms in total. The molecule has 0 fully saturated rings. The van der Waals surface area contributed by atoms with Crippen molar-refractivity contribution in [3.8, 4) is 0 Å². The van der Waals surface area contributed by atoms with Gasteiger partial charge in [-0.25, -0.2) is 4.39 Å². The Labute approximate surface area is 131 Å². The minimum Gasteiger partial charge on any atom is -0.383 e. The van der Waals surface area contributed by atoms with E-state index in [1.807, 2.05) is 0 Å². The molecule has 0 aliphatic carbocycles. The number of benzene rings is 1. The lowest BCUT2D eigenvalue weighted by atomic mass is 10.2. The molecule has 0 saturated heterocycles. The van der Waals surface area contributed by atoms with Gasteiger partial charge in [0.2, 0.25) is 0 Å². The molecular formula is C15H17FN2O3S. The van der Waals surface area contributed by atoms with Crippen LogP contribution in [0.1, 0.15) is 20.9 Å². The molecule has 0 aliphatic rings. The largest absolute Gasteiger partial charge is 0.383 e. The van der Waals surface area contributed by atoms with Crippen LogP contribution in [0.5, 0.6) is 0 Å². The van der Waals surface area contributed by atoms with Crippen LogP contribution in [0.4, 0.5) is 4.39 Å². The van der Waals surface area contributed by atoms with Crippen molar-refractivity contribution in [1.82, 2.24) is 9.88 Å². The number of rotatable bonds is 6. The minimum atomic E-state index is -0.323. The summed E-state index contributed by atoms with van der Waals surface area (Å²) in [6.07, 6.45) is 0. The van der Waals surface area contributed by atoms with Crippen LogP contribution in [0, 0.1) is 12.7 Å². The van der Waals surface area contributed by atoms with E-state index in [-0.39, 0.29) is 16.6 Å². The lowest BCUT2D eigenvalue weighted by Gasteiger charge is -2.06. The van der Waals surface area contributed by atoms with Crippen molar-refractivity contribution in [2.24, 2.45) is 0 Å². The van der Waals surface area contributed by atoms with Gasteiger partial charge in [0.15, 0.2) is 0 Å². The number of thiazole rings is 1. The van der Waals surface area contributed by atoms with Crippen LogP contribution in [0.3, 0.4) is 0 Å². The molecule has 0 spiro atoms. The van der Waals surface area contributed by atoms with E-state index in [1.54, 1.807) is 26.2 Å². The summed E-state index contributed by atoms with van der Waals surface area (Å²) in [5.74, 6) is -0.606. The fraction of sp³-hybridized carbons (Fsp3) is 0.333. The third-order valence-corrected chi connectivity index (χ3v) is 4.28. The van der Waals surface area contributed by atoms with E-state index in [0.717, 1.165) is 16.9 Å². The summed E-state index contributed by atoms with van der Waals surface area (Å²) in [5, 5.41) is 2.70. The number of ether oxygens (including phenoxy) is 1.